The van der Waals surface area contributed by atoms with Crippen LogP contribution in [0.4, 0.5) is 0 Å². The number of amides is 2. The second kappa shape index (κ2) is 14.0. The number of carbonyl (C=O) groups is 2. The molecule has 32 heavy (non-hydrogen) atoms. The Morgan fingerprint density at radius 3 is 2.31 bits per heavy atom. The van der Waals surface area contributed by atoms with E-state index in [1.165, 1.54) is 11.8 Å². The normalized spacial score (nSPS) is 11.8. The summed E-state index contributed by atoms with van der Waals surface area (Å²) in [6.07, 6.45) is 2.44. The first-order valence-electron chi connectivity index (χ1n) is 10.7. The number of hydrogen-bond acceptors (Lipinski definition) is 3. The number of carbonyl (C=O) groups excluding carboxylic acids is 2. The lowest BCUT2D eigenvalue weighted by molar-refractivity contribution is -0.139. The van der Waals surface area contributed by atoms with Gasteiger partial charge in [-0.25, -0.2) is 0 Å². The highest BCUT2D eigenvalue weighted by Gasteiger charge is 2.28. The molecule has 2 aromatic rings. The highest BCUT2D eigenvalue weighted by molar-refractivity contribution is 7.99. The van der Waals surface area contributed by atoms with Crippen LogP contribution in [0.5, 0.6) is 0 Å². The molecule has 0 fully saturated rings. The zero-order chi connectivity index (χ0) is 23.5. The maximum Gasteiger partial charge on any atom is 0.242 e. The summed E-state index contributed by atoms with van der Waals surface area (Å²) in [6, 6.07) is 12.3. The fraction of sp³-hybridized carbons (Fsp3) is 0.417. The van der Waals surface area contributed by atoms with Crippen molar-refractivity contribution in [3.63, 3.8) is 0 Å². The zero-order valence-electron chi connectivity index (χ0n) is 18.4. The summed E-state index contributed by atoms with van der Waals surface area (Å²) in [5.74, 6) is 0.684. The van der Waals surface area contributed by atoms with Crippen LogP contribution >= 0.6 is 46.6 Å². The molecule has 0 bridgehead atoms. The van der Waals surface area contributed by atoms with Crippen LogP contribution in [-0.4, -0.2) is 35.1 Å². The first-order chi connectivity index (χ1) is 15.3. The molecule has 0 saturated heterocycles. The van der Waals surface area contributed by atoms with Crippen molar-refractivity contribution in [2.75, 3.05) is 12.3 Å². The number of thioether (sulfide) groups is 1. The first-order valence-corrected chi connectivity index (χ1v) is 13.0. The topological polar surface area (TPSA) is 49.4 Å². The number of hydrogen-bond donors (Lipinski definition) is 1. The lowest BCUT2D eigenvalue weighted by Gasteiger charge is -2.30. The Bertz CT molecular complexity index is 893. The molecule has 1 atom stereocenters. The molecule has 8 heteroatoms. The molecule has 0 spiro atoms. The number of rotatable bonds is 12. The van der Waals surface area contributed by atoms with Gasteiger partial charge in [-0.15, -0.1) is 11.8 Å². The fourth-order valence-corrected chi connectivity index (χ4v) is 4.49. The summed E-state index contributed by atoms with van der Waals surface area (Å²) in [5.41, 5.74) is 1.92. The predicted molar refractivity (Wildman–Crippen MR) is 137 cm³/mol. The van der Waals surface area contributed by atoms with Gasteiger partial charge in [0.25, 0.3) is 0 Å². The number of halogens is 3. The SMILES string of the molecule is CCCCNC(=O)[C@@H](CC)N(Cc1ccc(Cl)cc1)C(=O)CSCc1ccc(Cl)c(Cl)c1. The summed E-state index contributed by atoms with van der Waals surface area (Å²) in [7, 11) is 0. The quantitative estimate of drug-likeness (QED) is 0.324. The van der Waals surface area contributed by atoms with Crippen molar-refractivity contribution in [1.82, 2.24) is 10.2 Å². The minimum Gasteiger partial charge on any atom is -0.354 e. The van der Waals surface area contributed by atoms with Crippen LogP contribution in [0.1, 0.15) is 44.2 Å². The van der Waals surface area contributed by atoms with Crippen LogP contribution in [0, 0.1) is 0 Å². The Labute approximate surface area is 210 Å². The summed E-state index contributed by atoms with van der Waals surface area (Å²) >= 11 is 19.5. The van der Waals surface area contributed by atoms with E-state index in [1.54, 1.807) is 23.1 Å². The van der Waals surface area contributed by atoms with Crippen LogP contribution in [-0.2, 0) is 21.9 Å². The van der Waals surface area contributed by atoms with Crippen molar-refractivity contribution in [2.45, 2.75) is 51.4 Å². The van der Waals surface area contributed by atoms with Gasteiger partial charge >= 0.3 is 0 Å². The standard InChI is InChI=1S/C24H29Cl3N2O2S/c1-3-5-12-28-24(31)22(4-2)29(14-17-6-9-19(25)10-7-17)23(30)16-32-15-18-8-11-20(26)21(27)13-18/h6-11,13,22H,3-5,12,14-16H2,1-2H3,(H,28,31)/t22-/m1/s1. The minimum absolute atomic E-state index is 0.0810. The molecule has 2 rings (SSSR count). The molecule has 1 N–H and O–H groups in total. The molecular formula is C24H29Cl3N2O2S. The molecule has 0 heterocycles. The Hall–Kier alpha value is -1.40. The predicted octanol–water partition coefficient (Wildman–Crippen LogP) is 6.60. The Morgan fingerprint density at radius 1 is 1.00 bits per heavy atom. The molecule has 0 aliphatic rings. The third kappa shape index (κ3) is 8.51. The maximum atomic E-state index is 13.2. The van der Waals surface area contributed by atoms with E-state index >= 15 is 0 Å². The van der Waals surface area contributed by atoms with E-state index in [4.69, 9.17) is 34.8 Å². The van der Waals surface area contributed by atoms with Crippen molar-refractivity contribution in [3.8, 4) is 0 Å². The van der Waals surface area contributed by atoms with Crippen molar-refractivity contribution < 1.29 is 9.59 Å². The average molecular weight is 516 g/mol. The molecular weight excluding hydrogens is 487 g/mol. The van der Waals surface area contributed by atoms with Gasteiger partial charge in [0.2, 0.25) is 11.8 Å². The van der Waals surface area contributed by atoms with E-state index in [1.807, 2.05) is 31.2 Å². The van der Waals surface area contributed by atoms with E-state index < -0.39 is 6.04 Å². The van der Waals surface area contributed by atoms with Crippen LogP contribution in [0.15, 0.2) is 42.5 Å². The van der Waals surface area contributed by atoms with E-state index in [0.29, 0.717) is 40.3 Å². The lowest BCUT2D eigenvalue weighted by Crippen LogP contribution is -2.49. The molecule has 4 nitrogen and oxygen atoms in total. The van der Waals surface area contributed by atoms with Gasteiger partial charge in [0.15, 0.2) is 0 Å². The molecule has 0 aliphatic heterocycles. The van der Waals surface area contributed by atoms with Gasteiger partial charge in [-0.05, 0) is 48.2 Å². The van der Waals surface area contributed by atoms with E-state index in [-0.39, 0.29) is 17.6 Å². The molecule has 0 aromatic heterocycles. The van der Waals surface area contributed by atoms with Crippen LogP contribution in [0.3, 0.4) is 0 Å². The Balaban J connectivity index is 2.10. The van der Waals surface area contributed by atoms with Gasteiger partial charge in [0.1, 0.15) is 6.04 Å². The van der Waals surface area contributed by atoms with Crippen molar-refractivity contribution in [3.05, 3.63) is 68.7 Å². The second-order valence-electron chi connectivity index (χ2n) is 7.46. The number of nitrogens with one attached hydrogen (secondary N) is 1. The molecule has 174 valence electrons. The van der Waals surface area contributed by atoms with Crippen molar-refractivity contribution in [2.24, 2.45) is 0 Å². The highest BCUT2D eigenvalue weighted by Crippen LogP contribution is 2.25. The van der Waals surface area contributed by atoms with Crippen molar-refractivity contribution in [1.29, 1.82) is 0 Å². The van der Waals surface area contributed by atoms with Gasteiger partial charge in [0.05, 0.1) is 15.8 Å². The lowest BCUT2D eigenvalue weighted by atomic mass is 10.1. The minimum atomic E-state index is -0.527. The first kappa shape index (κ1) is 26.8. The largest absolute Gasteiger partial charge is 0.354 e. The average Bonchev–Trinajstić information content (AvgIpc) is 2.77. The fourth-order valence-electron chi connectivity index (χ4n) is 3.18. The van der Waals surface area contributed by atoms with Gasteiger partial charge in [-0.1, -0.05) is 73.3 Å². The molecule has 2 aromatic carbocycles. The summed E-state index contributed by atoms with van der Waals surface area (Å²) in [4.78, 5) is 27.7. The van der Waals surface area contributed by atoms with Gasteiger partial charge < -0.3 is 10.2 Å². The van der Waals surface area contributed by atoms with Crippen LogP contribution in [0.2, 0.25) is 15.1 Å². The monoisotopic (exact) mass is 514 g/mol. The molecule has 0 unspecified atom stereocenters. The van der Waals surface area contributed by atoms with Crippen LogP contribution < -0.4 is 5.32 Å². The second-order valence-corrected chi connectivity index (χ2v) is 9.69. The molecule has 0 saturated carbocycles. The number of benzene rings is 2. The third-order valence-corrected chi connectivity index (χ3v) is 6.94. The molecule has 0 radical (unpaired) electrons. The summed E-state index contributed by atoms with van der Waals surface area (Å²) < 4.78 is 0. The Morgan fingerprint density at radius 2 is 1.69 bits per heavy atom. The van der Waals surface area contributed by atoms with E-state index in [2.05, 4.69) is 12.2 Å². The summed E-state index contributed by atoms with van der Waals surface area (Å²) in [5, 5.41) is 4.60. The molecule has 0 aliphatic carbocycles. The van der Waals surface area contributed by atoms with E-state index in [0.717, 1.165) is 24.0 Å². The number of unbranched alkanes of at least 4 members (excludes halogenated alkanes) is 1. The van der Waals surface area contributed by atoms with Crippen LogP contribution in [0.25, 0.3) is 0 Å². The summed E-state index contributed by atoms with van der Waals surface area (Å²) in [6.45, 7) is 4.96. The molecule has 2 amide bonds. The smallest absolute Gasteiger partial charge is 0.242 e. The highest BCUT2D eigenvalue weighted by atomic mass is 35.5. The van der Waals surface area contributed by atoms with Gasteiger partial charge in [-0.2, -0.15) is 0 Å². The van der Waals surface area contributed by atoms with Crippen molar-refractivity contribution >= 4 is 58.4 Å². The number of nitrogens with zero attached hydrogens (tertiary/aromatic N) is 1. The van der Waals surface area contributed by atoms with E-state index in [9.17, 15) is 9.59 Å². The Kier molecular flexibility index (Phi) is 11.7. The van der Waals surface area contributed by atoms with Gasteiger partial charge in [0, 0.05) is 23.9 Å². The van der Waals surface area contributed by atoms with Gasteiger partial charge in [-0.3, -0.25) is 9.59 Å². The third-order valence-electron chi connectivity index (χ3n) is 4.96. The zero-order valence-corrected chi connectivity index (χ0v) is 21.5. The maximum absolute atomic E-state index is 13.2.